The van der Waals surface area contributed by atoms with E-state index in [-0.39, 0.29) is 10.8 Å². The van der Waals surface area contributed by atoms with Gasteiger partial charge in [-0.15, -0.1) is 0 Å². The van der Waals surface area contributed by atoms with Crippen LogP contribution in [0.2, 0.25) is 5.02 Å². The zero-order chi connectivity index (χ0) is 10.6. The number of methoxy groups -OCH3 is 1. The summed E-state index contributed by atoms with van der Waals surface area (Å²) in [5, 5.41) is 0.187. The number of rotatable bonds is 4. The summed E-state index contributed by atoms with van der Waals surface area (Å²) in [5.41, 5.74) is 1.05. The molecular formula is C11H14ClFO. The average molecular weight is 217 g/mol. The van der Waals surface area contributed by atoms with Crippen LogP contribution < -0.4 is 0 Å². The molecule has 3 heteroatoms. The van der Waals surface area contributed by atoms with Gasteiger partial charge in [0.25, 0.3) is 0 Å². The minimum absolute atomic E-state index is 0.187. The monoisotopic (exact) mass is 216 g/mol. The normalized spacial score (nSPS) is 12.9. The molecule has 0 radical (unpaired) electrons. The van der Waals surface area contributed by atoms with E-state index in [2.05, 4.69) is 6.92 Å². The third-order valence-electron chi connectivity index (χ3n) is 2.27. The van der Waals surface area contributed by atoms with Gasteiger partial charge in [-0.1, -0.05) is 24.6 Å². The summed E-state index contributed by atoms with van der Waals surface area (Å²) in [6.45, 7) is 2.78. The molecule has 1 unspecified atom stereocenters. The molecule has 0 N–H and O–H groups in total. The van der Waals surface area contributed by atoms with Crippen LogP contribution >= 0.6 is 11.6 Å². The number of hydrogen-bond acceptors (Lipinski definition) is 1. The van der Waals surface area contributed by atoms with E-state index in [0.717, 1.165) is 12.0 Å². The van der Waals surface area contributed by atoms with Crippen LogP contribution in [0.25, 0.3) is 0 Å². The van der Waals surface area contributed by atoms with Gasteiger partial charge in [0.2, 0.25) is 0 Å². The molecule has 1 rings (SSSR count). The van der Waals surface area contributed by atoms with E-state index >= 15 is 0 Å². The second-order valence-electron chi connectivity index (χ2n) is 3.36. The van der Waals surface area contributed by atoms with E-state index in [0.29, 0.717) is 12.5 Å². The van der Waals surface area contributed by atoms with Crippen LogP contribution in [-0.4, -0.2) is 13.7 Å². The molecule has 0 amide bonds. The second-order valence-corrected chi connectivity index (χ2v) is 3.76. The highest BCUT2D eigenvalue weighted by Crippen LogP contribution is 2.24. The van der Waals surface area contributed by atoms with Gasteiger partial charge in [0.05, 0.1) is 5.02 Å². The molecule has 14 heavy (non-hydrogen) atoms. The van der Waals surface area contributed by atoms with Crippen molar-refractivity contribution in [3.63, 3.8) is 0 Å². The lowest BCUT2D eigenvalue weighted by molar-refractivity contribution is 0.189. The summed E-state index contributed by atoms with van der Waals surface area (Å²) >= 11 is 5.69. The Labute approximate surface area is 88.8 Å². The molecule has 0 aliphatic heterocycles. The lowest BCUT2D eigenvalue weighted by atomic mass is 9.98. The Balaban J connectivity index is 2.70. The smallest absolute Gasteiger partial charge is 0.141 e. The minimum Gasteiger partial charge on any atom is -0.385 e. The molecule has 0 fully saturated rings. The molecule has 1 nitrogen and oxygen atoms in total. The first-order valence-electron chi connectivity index (χ1n) is 4.59. The van der Waals surface area contributed by atoms with Crippen molar-refractivity contribution in [1.82, 2.24) is 0 Å². The molecule has 0 aliphatic carbocycles. The first kappa shape index (κ1) is 11.5. The summed E-state index contributed by atoms with van der Waals surface area (Å²) in [5.74, 6) is -0.0255. The summed E-state index contributed by atoms with van der Waals surface area (Å²) in [6.07, 6.45) is 0.915. The maximum absolute atomic E-state index is 12.9. The van der Waals surface area contributed by atoms with Crippen molar-refractivity contribution in [2.45, 2.75) is 19.3 Å². The third-order valence-corrected chi connectivity index (χ3v) is 2.56. The number of hydrogen-bond donors (Lipinski definition) is 0. The highest BCUT2D eigenvalue weighted by molar-refractivity contribution is 6.30. The van der Waals surface area contributed by atoms with Crippen LogP contribution in [0.4, 0.5) is 4.39 Å². The first-order valence-corrected chi connectivity index (χ1v) is 4.97. The maximum Gasteiger partial charge on any atom is 0.141 e. The van der Waals surface area contributed by atoms with Gasteiger partial charge in [0.15, 0.2) is 0 Å². The Morgan fingerprint density at radius 1 is 1.50 bits per heavy atom. The molecule has 0 heterocycles. The molecule has 1 aromatic carbocycles. The third kappa shape index (κ3) is 2.96. The fourth-order valence-corrected chi connectivity index (χ4v) is 1.47. The number of benzene rings is 1. The zero-order valence-corrected chi connectivity index (χ0v) is 9.14. The Bertz CT molecular complexity index is 301. The fraction of sp³-hybridized carbons (Fsp3) is 0.455. The number of halogens is 2. The maximum atomic E-state index is 12.9. The van der Waals surface area contributed by atoms with E-state index in [1.54, 1.807) is 19.2 Å². The van der Waals surface area contributed by atoms with Gasteiger partial charge >= 0.3 is 0 Å². The van der Waals surface area contributed by atoms with Gasteiger partial charge in [0, 0.05) is 13.7 Å². The standard InChI is InChI=1S/C11H14ClFO/c1-8(5-6-14-2)9-3-4-11(13)10(12)7-9/h3-4,7-8H,5-6H2,1-2H3. The van der Waals surface area contributed by atoms with E-state index in [4.69, 9.17) is 16.3 Å². The van der Waals surface area contributed by atoms with Crippen molar-refractivity contribution in [3.05, 3.63) is 34.6 Å². The summed E-state index contributed by atoms with van der Waals surface area (Å²) in [7, 11) is 1.67. The Hall–Kier alpha value is -0.600. The Kier molecular flexibility index (Phi) is 4.36. The van der Waals surface area contributed by atoms with Crippen LogP contribution in [0.1, 0.15) is 24.8 Å². The molecule has 0 spiro atoms. The van der Waals surface area contributed by atoms with Crippen LogP contribution in [-0.2, 0) is 4.74 Å². The van der Waals surface area contributed by atoms with Crippen LogP contribution in [0.5, 0.6) is 0 Å². The summed E-state index contributed by atoms with van der Waals surface area (Å²) < 4.78 is 17.8. The van der Waals surface area contributed by atoms with Gasteiger partial charge in [0.1, 0.15) is 5.82 Å². The first-order chi connectivity index (χ1) is 6.65. The van der Waals surface area contributed by atoms with Gasteiger partial charge < -0.3 is 4.74 Å². The van der Waals surface area contributed by atoms with Gasteiger partial charge in [-0.25, -0.2) is 4.39 Å². The lowest BCUT2D eigenvalue weighted by Gasteiger charge is -2.11. The Morgan fingerprint density at radius 2 is 2.21 bits per heavy atom. The highest BCUT2D eigenvalue weighted by atomic mass is 35.5. The molecule has 1 aromatic rings. The molecule has 0 bridgehead atoms. The Morgan fingerprint density at radius 3 is 2.79 bits per heavy atom. The van der Waals surface area contributed by atoms with Crippen LogP contribution in [0.15, 0.2) is 18.2 Å². The van der Waals surface area contributed by atoms with Crippen molar-refractivity contribution in [3.8, 4) is 0 Å². The molecular weight excluding hydrogens is 203 g/mol. The van der Waals surface area contributed by atoms with Gasteiger partial charge in [-0.05, 0) is 30.0 Å². The van der Waals surface area contributed by atoms with E-state index in [1.807, 2.05) is 0 Å². The van der Waals surface area contributed by atoms with Crippen molar-refractivity contribution in [2.24, 2.45) is 0 Å². The van der Waals surface area contributed by atoms with Crippen molar-refractivity contribution < 1.29 is 9.13 Å². The fourth-order valence-electron chi connectivity index (χ4n) is 1.28. The topological polar surface area (TPSA) is 9.23 Å². The number of ether oxygens (including phenoxy) is 1. The minimum atomic E-state index is -0.366. The summed E-state index contributed by atoms with van der Waals surface area (Å²) in [4.78, 5) is 0. The quantitative estimate of drug-likeness (QED) is 0.747. The molecule has 1 atom stereocenters. The summed E-state index contributed by atoms with van der Waals surface area (Å²) in [6, 6.07) is 4.85. The molecule has 78 valence electrons. The molecule has 0 aromatic heterocycles. The molecule has 0 saturated carbocycles. The average Bonchev–Trinajstić information content (AvgIpc) is 2.18. The lowest BCUT2D eigenvalue weighted by Crippen LogP contribution is -1.99. The van der Waals surface area contributed by atoms with E-state index in [1.165, 1.54) is 6.07 Å². The van der Waals surface area contributed by atoms with Gasteiger partial charge in [-0.3, -0.25) is 0 Å². The van der Waals surface area contributed by atoms with Crippen LogP contribution in [0.3, 0.4) is 0 Å². The largest absolute Gasteiger partial charge is 0.385 e. The second kappa shape index (κ2) is 5.32. The van der Waals surface area contributed by atoms with Crippen molar-refractivity contribution >= 4 is 11.6 Å². The molecule has 0 saturated heterocycles. The van der Waals surface area contributed by atoms with Gasteiger partial charge in [-0.2, -0.15) is 0 Å². The highest BCUT2D eigenvalue weighted by Gasteiger charge is 2.07. The van der Waals surface area contributed by atoms with Crippen molar-refractivity contribution in [2.75, 3.05) is 13.7 Å². The zero-order valence-electron chi connectivity index (χ0n) is 8.39. The van der Waals surface area contributed by atoms with E-state index < -0.39 is 0 Å². The van der Waals surface area contributed by atoms with Crippen LogP contribution in [0, 0.1) is 5.82 Å². The van der Waals surface area contributed by atoms with Crippen molar-refractivity contribution in [1.29, 1.82) is 0 Å². The predicted octanol–water partition coefficient (Wildman–Crippen LogP) is 3.62. The SMILES string of the molecule is COCCC(C)c1ccc(F)c(Cl)c1. The van der Waals surface area contributed by atoms with E-state index in [9.17, 15) is 4.39 Å². The predicted molar refractivity (Wildman–Crippen MR) is 56.3 cm³/mol. The molecule has 0 aliphatic rings.